The minimum Gasteiger partial charge on any atom is -0.350 e. The molecule has 1 aliphatic carbocycles. The third kappa shape index (κ3) is 3.59. The Bertz CT molecular complexity index is 561. The first-order valence-electron chi connectivity index (χ1n) is 7.73. The number of carbonyl (C=O) groups is 2. The van der Waals surface area contributed by atoms with Crippen molar-refractivity contribution in [1.29, 1.82) is 0 Å². The molecule has 1 aliphatic heterocycles. The largest absolute Gasteiger partial charge is 0.350 e. The first-order valence-corrected chi connectivity index (χ1v) is 8.11. The van der Waals surface area contributed by atoms with Gasteiger partial charge in [0.05, 0.1) is 12.5 Å². The van der Waals surface area contributed by atoms with Gasteiger partial charge in [-0.05, 0) is 37.1 Å². The molecule has 0 spiro atoms. The topological polar surface area (TPSA) is 70.2 Å². The summed E-state index contributed by atoms with van der Waals surface area (Å²) >= 11 is 5.81. The summed E-state index contributed by atoms with van der Waals surface area (Å²) in [4.78, 5) is 24.2. The third-order valence-corrected chi connectivity index (χ3v) is 4.59. The summed E-state index contributed by atoms with van der Waals surface area (Å²) in [6.07, 6.45) is 4.55. The van der Waals surface area contributed by atoms with Gasteiger partial charge in [0.1, 0.15) is 0 Å². The molecule has 1 aromatic carbocycles. The number of rotatable bonds is 3. The highest BCUT2D eigenvalue weighted by molar-refractivity contribution is 6.30. The predicted octanol–water partition coefficient (Wildman–Crippen LogP) is 2.07. The quantitative estimate of drug-likeness (QED) is 0.798. The van der Waals surface area contributed by atoms with Gasteiger partial charge in [0, 0.05) is 22.8 Å². The van der Waals surface area contributed by atoms with Gasteiger partial charge in [-0.2, -0.15) is 0 Å². The molecule has 2 fully saturated rings. The number of amides is 2. The van der Waals surface area contributed by atoms with Gasteiger partial charge in [-0.3, -0.25) is 9.59 Å². The number of benzene rings is 1. The third-order valence-electron chi connectivity index (χ3n) is 4.34. The molecule has 2 aliphatic rings. The van der Waals surface area contributed by atoms with Crippen molar-refractivity contribution in [2.24, 2.45) is 0 Å². The van der Waals surface area contributed by atoms with Crippen molar-refractivity contribution in [3.05, 3.63) is 29.3 Å². The Balaban J connectivity index is 1.56. The fourth-order valence-electron chi connectivity index (χ4n) is 3.20. The van der Waals surface area contributed by atoms with Crippen LogP contribution in [0.2, 0.25) is 5.02 Å². The highest BCUT2D eigenvalue weighted by Gasteiger charge is 2.36. The highest BCUT2D eigenvalue weighted by atomic mass is 35.5. The van der Waals surface area contributed by atoms with Crippen LogP contribution in [0.4, 0.5) is 5.69 Å². The van der Waals surface area contributed by atoms with E-state index in [0.717, 1.165) is 19.3 Å². The number of nitrogens with one attached hydrogen (secondary N) is 3. The lowest BCUT2D eigenvalue weighted by Gasteiger charge is -2.40. The van der Waals surface area contributed by atoms with Gasteiger partial charge in [0.15, 0.2) is 0 Å². The van der Waals surface area contributed by atoms with E-state index < -0.39 is 6.04 Å². The van der Waals surface area contributed by atoms with Gasteiger partial charge in [0.2, 0.25) is 11.8 Å². The van der Waals surface area contributed by atoms with Gasteiger partial charge < -0.3 is 16.0 Å². The second-order valence-electron chi connectivity index (χ2n) is 5.98. The first kappa shape index (κ1) is 15.3. The van der Waals surface area contributed by atoms with Gasteiger partial charge in [-0.25, -0.2) is 0 Å². The molecule has 1 saturated carbocycles. The van der Waals surface area contributed by atoms with Gasteiger partial charge >= 0.3 is 0 Å². The Morgan fingerprint density at radius 3 is 2.59 bits per heavy atom. The molecule has 1 saturated heterocycles. The van der Waals surface area contributed by atoms with Crippen LogP contribution >= 0.6 is 11.6 Å². The Morgan fingerprint density at radius 1 is 1.18 bits per heavy atom. The minimum absolute atomic E-state index is 0.0746. The number of carbonyl (C=O) groups excluding carboxylic acids is 2. The molecule has 0 aromatic heterocycles. The zero-order valence-corrected chi connectivity index (χ0v) is 13.0. The SMILES string of the molecule is O=C(C[C@@H]1N[C@H]2CCCC[C@H]2NC1=O)Nc1ccc(Cl)cc1. The van der Waals surface area contributed by atoms with Crippen LogP contribution in [0.1, 0.15) is 32.1 Å². The van der Waals surface area contributed by atoms with E-state index in [1.807, 2.05) is 0 Å². The monoisotopic (exact) mass is 321 g/mol. The number of anilines is 1. The molecule has 0 bridgehead atoms. The van der Waals surface area contributed by atoms with Gasteiger partial charge in [-0.15, -0.1) is 0 Å². The molecule has 0 unspecified atom stereocenters. The summed E-state index contributed by atoms with van der Waals surface area (Å²) < 4.78 is 0. The van der Waals surface area contributed by atoms with Crippen LogP contribution in [0.15, 0.2) is 24.3 Å². The fourth-order valence-corrected chi connectivity index (χ4v) is 3.33. The molecule has 1 aromatic rings. The van der Waals surface area contributed by atoms with Crippen LogP contribution in [0, 0.1) is 0 Å². The molecule has 3 rings (SSSR count). The molecule has 5 nitrogen and oxygen atoms in total. The molecule has 118 valence electrons. The number of halogens is 1. The zero-order chi connectivity index (χ0) is 15.5. The molecule has 3 N–H and O–H groups in total. The van der Waals surface area contributed by atoms with Crippen LogP contribution in [0.3, 0.4) is 0 Å². The van der Waals surface area contributed by atoms with E-state index in [2.05, 4.69) is 16.0 Å². The van der Waals surface area contributed by atoms with Crippen molar-refractivity contribution >= 4 is 29.1 Å². The summed E-state index contributed by atoms with van der Waals surface area (Å²) in [6, 6.07) is 6.98. The smallest absolute Gasteiger partial charge is 0.237 e. The van der Waals surface area contributed by atoms with Crippen LogP contribution in [0.25, 0.3) is 0 Å². The van der Waals surface area contributed by atoms with E-state index >= 15 is 0 Å². The number of hydrogen-bond donors (Lipinski definition) is 3. The zero-order valence-electron chi connectivity index (χ0n) is 12.3. The van der Waals surface area contributed by atoms with Crippen LogP contribution in [-0.2, 0) is 9.59 Å². The first-order chi connectivity index (χ1) is 10.6. The van der Waals surface area contributed by atoms with Gasteiger partial charge in [-0.1, -0.05) is 24.4 Å². The number of piperazine rings is 1. The maximum Gasteiger partial charge on any atom is 0.237 e. The second-order valence-corrected chi connectivity index (χ2v) is 6.42. The van der Waals surface area contributed by atoms with E-state index in [1.54, 1.807) is 24.3 Å². The lowest BCUT2D eigenvalue weighted by molar-refractivity contribution is -0.129. The summed E-state index contributed by atoms with van der Waals surface area (Å²) in [5, 5.41) is 9.79. The van der Waals surface area contributed by atoms with Crippen molar-refractivity contribution in [2.75, 3.05) is 5.32 Å². The Morgan fingerprint density at radius 2 is 1.86 bits per heavy atom. The molecular formula is C16H20ClN3O2. The molecule has 2 amide bonds. The van der Waals surface area contributed by atoms with Crippen molar-refractivity contribution in [1.82, 2.24) is 10.6 Å². The lowest BCUT2D eigenvalue weighted by Crippen LogP contribution is -2.65. The molecule has 1 heterocycles. The average molecular weight is 322 g/mol. The second kappa shape index (κ2) is 6.67. The summed E-state index contributed by atoms with van der Waals surface area (Å²) in [5.41, 5.74) is 0.682. The van der Waals surface area contributed by atoms with Crippen LogP contribution in [0.5, 0.6) is 0 Å². The summed E-state index contributed by atoms with van der Waals surface area (Å²) in [7, 11) is 0. The summed E-state index contributed by atoms with van der Waals surface area (Å²) in [5.74, 6) is -0.251. The minimum atomic E-state index is -0.452. The van der Waals surface area contributed by atoms with Crippen molar-refractivity contribution in [3.63, 3.8) is 0 Å². The predicted molar refractivity (Wildman–Crippen MR) is 85.8 cm³/mol. The molecular weight excluding hydrogens is 302 g/mol. The van der Waals surface area contributed by atoms with E-state index in [4.69, 9.17) is 11.6 Å². The molecule has 6 heteroatoms. The molecule has 22 heavy (non-hydrogen) atoms. The van der Waals surface area contributed by atoms with E-state index in [-0.39, 0.29) is 24.3 Å². The van der Waals surface area contributed by atoms with Crippen LogP contribution < -0.4 is 16.0 Å². The molecule has 3 atom stereocenters. The van der Waals surface area contributed by atoms with Crippen molar-refractivity contribution in [2.45, 2.75) is 50.2 Å². The Kier molecular flexibility index (Phi) is 4.64. The van der Waals surface area contributed by atoms with E-state index in [0.29, 0.717) is 16.8 Å². The normalized spacial score (nSPS) is 27.7. The Hall–Kier alpha value is -1.59. The summed E-state index contributed by atoms with van der Waals surface area (Å²) in [6.45, 7) is 0. The fraction of sp³-hybridized carbons (Fsp3) is 0.500. The standard InChI is InChI=1S/C16H20ClN3O2/c17-10-5-7-11(8-6-10)18-15(21)9-14-16(22)20-13-4-2-1-3-12(13)19-14/h5-8,12-14,19H,1-4,9H2,(H,18,21)(H,20,22)/t12-,13+,14-/m0/s1. The Labute approximate surface area is 134 Å². The van der Waals surface area contributed by atoms with E-state index in [9.17, 15) is 9.59 Å². The average Bonchev–Trinajstić information content (AvgIpc) is 2.50. The van der Waals surface area contributed by atoms with E-state index in [1.165, 1.54) is 6.42 Å². The van der Waals surface area contributed by atoms with Crippen molar-refractivity contribution < 1.29 is 9.59 Å². The highest BCUT2D eigenvalue weighted by Crippen LogP contribution is 2.22. The number of hydrogen-bond acceptors (Lipinski definition) is 3. The molecule has 0 radical (unpaired) electrons. The van der Waals surface area contributed by atoms with Gasteiger partial charge in [0.25, 0.3) is 0 Å². The van der Waals surface area contributed by atoms with Crippen LogP contribution in [-0.4, -0.2) is 29.9 Å². The lowest BCUT2D eigenvalue weighted by atomic mass is 9.87. The maximum absolute atomic E-state index is 12.1. The van der Waals surface area contributed by atoms with Crippen molar-refractivity contribution in [3.8, 4) is 0 Å². The number of fused-ring (bicyclic) bond motifs is 1. The maximum atomic E-state index is 12.1.